The average molecular weight is 260 g/mol. The van der Waals surface area contributed by atoms with E-state index in [1.165, 1.54) is 18.2 Å². The summed E-state index contributed by atoms with van der Waals surface area (Å²) >= 11 is 0. The number of hydrogen-bond acceptors (Lipinski definition) is 2. The molecule has 2 aromatic rings. The minimum atomic E-state index is -4.78. The molecule has 0 aliphatic carbocycles. The van der Waals surface area contributed by atoms with E-state index in [1.807, 2.05) is 0 Å². The van der Waals surface area contributed by atoms with Crippen molar-refractivity contribution in [3.63, 3.8) is 0 Å². The van der Waals surface area contributed by atoms with Gasteiger partial charge in [-0.15, -0.1) is 0 Å². The molecule has 2 nitrogen and oxygen atoms in total. The summed E-state index contributed by atoms with van der Waals surface area (Å²) in [6.45, 7) is 0. The van der Waals surface area contributed by atoms with E-state index >= 15 is 0 Å². The van der Waals surface area contributed by atoms with Crippen molar-refractivity contribution in [3.05, 3.63) is 48.0 Å². The summed E-state index contributed by atoms with van der Waals surface area (Å²) in [4.78, 5) is 0. The van der Waals surface area contributed by atoms with E-state index in [2.05, 4.69) is 0 Å². The topological polar surface area (TPSA) is 33.4 Å². The fourth-order valence-corrected chi connectivity index (χ4v) is 1.43. The molecule has 0 saturated carbocycles. The van der Waals surface area contributed by atoms with Crippen LogP contribution in [0.3, 0.4) is 0 Å². The molecule has 0 spiro atoms. The van der Waals surface area contributed by atoms with E-state index < -0.39 is 23.9 Å². The van der Waals surface area contributed by atoms with E-state index in [0.29, 0.717) is 5.56 Å². The van der Waals surface area contributed by atoms with E-state index in [0.717, 1.165) is 18.2 Å². The number of halogens is 4. The van der Waals surface area contributed by atoms with Crippen molar-refractivity contribution in [2.24, 2.45) is 0 Å². The van der Waals surface area contributed by atoms with Crippen molar-refractivity contribution in [3.8, 4) is 11.3 Å². The third kappa shape index (κ3) is 2.53. The molecule has 2 rings (SSSR count). The molecule has 1 aromatic heterocycles. The zero-order chi connectivity index (χ0) is 13.3. The predicted molar refractivity (Wildman–Crippen MR) is 55.1 cm³/mol. The normalized spacial score (nSPS) is 13.6. The quantitative estimate of drug-likeness (QED) is 0.835. The lowest BCUT2D eigenvalue weighted by molar-refractivity contribution is -0.211. The number of benzene rings is 1. The molecule has 1 N–H and O–H groups in total. The van der Waals surface area contributed by atoms with E-state index in [-0.39, 0.29) is 5.76 Å². The van der Waals surface area contributed by atoms with Crippen LogP contribution in [0.15, 0.2) is 40.8 Å². The second-order valence-electron chi connectivity index (χ2n) is 3.65. The first-order valence-electron chi connectivity index (χ1n) is 4.98. The maximum absolute atomic E-state index is 12.7. The molecule has 0 saturated heterocycles. The van der Waals surface area contributed by atoms with Gasteiger partial charge in [-0.05, 0) is 36.4 Å². The Bertz CT molecular complexity index is 528. The molecule has 0 radical (unpaired) electrons. The molecule has 18 heavy (non-hydrogen) atoms. The van der Waals surface area contributed by atoms with Crippen LogP contribution >= 0.6 is 0 Å². The Labute approximate surface area is 99.5 Å². The van der Waals surface area contributed by atoms with Gasteiger partial charge in [0.1, 0.15) is 17.3 Å². The number of furan rings is 1. The van der Waals surface area contributed by atoms with Gasteiger partial charge in [-0.3, -0.25) is 0 Å². The molecule has 0 fully saturated rings. The van der Waals surface area contributed by atoms with Gasteiger partial charge in [0.05, 0.1) is 0 Å². The molecule has 1 heterocycles. The van der Waals surface area contributed by atoms with Crippen LogP contribution in [-0.4, -0.2) is 11.3 Å². The first-order valence-corrected chi connectivity index (χ1v) is 4.98. The highest BCUT2D eigenvalue weighted by Crippen LogP contribution is 2.35. The fraction of sp³-hybridized carbons (Fsp3) is 0.167. The summed E-state index contributed by atoms with van der Waals surface area (Å²) in [6.07, 6.45) is -7.44. The van der Waals surface area contributed by atoms with Gasteiger partial charge >= 0.3 is 6.18 Å². The van der Waals surface area contributed by atoms with E-state index in [9.17, 15) is 17.6 Å². The number of alkyl halides is 3. The van der Waals surface area contributed by atoms with Crippen molar-refractivity contribution < 1.29 is 27.1 Å². The van der Waals surface area contributed by atoms with Gasteiger partial charge in [-0.2, -0.15) is 13.2 Å². The standard InChI is InChI=1S/C12H8F4O2/c13-8-3-1-7(2-4-8)9-5-6-10(18-9)11(17)12(14,15)16/h1-6,11,17H/t11-/m1/s1. The molecule has 0 amide bonds. The smallest absolute Gasteiger partial charge is 0.421 e. The molecule has 1 atom stereocenters. The Balaban J connectivity index is 2.28. The van der Waals surface area contributed by atoms with Gasteiger partial charge in [0.25, 0.3) is 0 Å². The van der Waals surface area contributed by atoms with Crippen LogP contribution in [0.1, 0.15) is 11.9 Å². The summed E-state index contributed by atoms with van der Waals surface area (Å²) in [6, 6.07) is 7.40. The third-order valence-electron chi connectivity index (χ3n) is 2.34. The summed E-state index contributed by atoms with van der Waals surface area (Å²) < 4.78 is 54.3. The van der Waals surface area contributed by atoms with Gasteiger partial charge in [0.15, 0.2) is 0 Å². The zero-order valence-corrected chi connectivity index (χ0v) is 8.91. The predicted octanol–water partition coefficient (Wildman–Crippen LogP) is 3.68. The lowest BCUT2D eigenvalue weighted by Crippen LogP contribution is -2.19. The highest BCUT2D eigenvalue weighted by molar-refractivity contribution is 5.57. The maximum atomic E-state index is 12.7. The third-order valence-corrected chi connectivity index (χ3v) is 2.34. The zero-order valence-electron chi connectivity index (χ0n) is 8.91. The van der Waals surface area contributed by atoms with Crippen LogP contribution in [0.4, 0.5) is 17.6 Å². The molecule has 1 aromatic carbocycles. The Morgan fingerprint density at radius 1 is 1.00 bits per heavy atom. The van der Waals surface area contributed by atoms with E-state index in [4.69, 9.17) is 9.52 Å². The first-order chi connectivity index (χ1) is 8.38. The Hall–Kier alpha value is -1.82. The van der Waals surface area contributed by atoms with Crippen molar-refractivity contribution in [2.45, 2.75) is 12.3 Å². The van der Waals surface area contributed by atoms with Crippen LogP contribution in [0, 0.1) is 5.82 Å². The average Bonchev–Trinajstić information content (AvgIpc) is 2.77. The van der Waals surface area contributed by atoms with Crippen molar-refractivity contribution >= 4 is 0 Å². The SMILES string of the molecule is O[C@H](c1ccc(-c2ccc(F)cc2)o1)C(F)(F)F. The molecule has 96 valence electrons. The second-order valence-corrected chi connectivity index (χ2v) is 3.65. The van der Waals surface area contributed by atoms with Crippen molar-refractivity contribution in [2.75, 3.05) is 0 Å². The Morgan fingerprint density at radius 2 is 1.61 bits per heavy atom. The molecule has 6 heteroatoms. The van der Waals surface area contributed by atoms with Crippen LogP contribution in [0.25, 0.3) is 11.3 Å². The fourth-order valence-electron chi connectivity index (χ4n) is 1.43. The molecule has 0 aliphatic rings. The molecular weight excluding hydrogens is 252 g/mol. The Kier molecular flexibility index (Phi) is 3.13. The lowest BCUT2D eigenvalue weighted by atomic mass is 10.2. The van der Waals surface area contributed by atoms with Gasteiger partial charge in [-0.25, -0.2) is 4.39 Å². The monoisotopic (exact) mass is 260 g/mol. The summed E-state index contributed by atoms with van der Waals surface area (Å²) in [5, 5.41) is 8.98. The lowest BCUT2D eigenvalue weighted by Gasteiger charge is -2.11. The molecule has 0 unspecified atom stereocenters. The van der Waals surface area contributed by atoms with Gasteiger partial charge in [0, 0.05) is 5.56 Å². The maximum Gasteiger partial charge on any atom is 0.421 e. The van der Waals surface area contributed by atoms with E-state index in [1.54, 1.807) is 0 Å². The van der Waals surface area contributed by atoms with Gasteiger partial charge < -0.3 is 9.52 Å². The van der Waals surface area contributed by atoms with Crippen LogP contribution < -0.4 is 0 Å². The highest BCUT2D eigenvalue weighted by Gasteiger charge is 2.41. The summed E-state index contributed by atoms with van der Waals surface area (Å²) in [7, 11) is 0. The number of rotatable bonds is 2. The minimum Gasteiger partial charge on any atom is -0.458 e. The molecule has 0 bridgehead atoms. The highest BCUT2D eigenvalue weighted by atomic mass is 19.4. The van der Waals surface area contributed by atoms with Crippen LogP contribution in [0.2, 0.25) is 0 Å². The summed E-state index contributed by atoms with van der Waals surface area (Å²) in [5.41, 5.74) is 0.428. The minimum absolute atomic E-state index is 0.133. The largest absolute Gasteiger partial charge is 0.458 e. The van der Waals surface area contributed by atoms with Gasteiger partial charge in [-0.1, -0.05) is 0 Å². The number of aliphatic hydroxyl groups is 1. The summed E-state index contributed by atoms with van der Waals surface area (Å²) in [5.74, 6) is -0.920. The molecule has 0 aliphatic heterocycles. The van der Waals surface area contributed by atoms with Crippen molar-refractivity contribution in [1.29, 1.82) is 0 Å². The number of aliphatic hydroxyl groups excluding tert-OH is 1. The first kappa shape index (κ1) is 12.6. The number of hydrogen-bond donors (Lipinski definition) is 1. The van der Waals surface area contributed by atoms with Crippen LogP contribution in [-0.2, 0) is 0 Å². The Morgan fingerprint density at radius 3 is 2.17 bits per heavy atom. The van der Waals surface area contributed by atoms with Crippen molar-refractivity contribution in [1.82, 2.24) is 0 Å². The second kappa shape index (κ2) is 4.45. The van der Waals surface area contributed by atoms with Gasteiger partial charge in [0.2, 0.25) is 6.10 Å². The van der Waals surface area contributed by atoms with Crippen LogP contribution in [0.5, 0.6) is 0 Å². The molecular formula is C12H8F4O2.